The number of amides is 1. The normalized spacial score (nSPS) is 15.4. The summed E-state index contributed by atoms with van der Waals surface area (Å²) < 4.78 is 0. The second-order valence-corrected chi connectivity index (χ2v) is 4.45. The molecule has 0 aromatic heterocycles. The molecule has 0 aliphatic heterocycles. The Bertz CT molecular complexity index is 199. The molecule has 1 amide bonds. The molecule has 0 aliphatic rings. The monoisotopic (exact) mass is 199 g/mol. The van der Waals surface area contributed by atoms with Gasteiger partial charge in [-0.2, -0.15) is 0 Å². The Balaban J connectivity index is 4.22. The molecule has 3 nitrogen and oxygen atoms in total. The lowest BCUT2D eigenvalue weighted by Crippen LogP contribution is -2.43. The Morgan fingerprint density at radius 3 is 1.86 bits per heavy atom. The first kappa shape index (κ1) is 13.1. The number of carbonyl (C=O) groups excluding carboxylic acids is 2. The van der Waals surface area contributed by atoms with Gasteiger partial charge in [-0.15, -0.1) is 0 Å². The molecule has 3 heteroatoms. The largest absolute Gasteiger partial charge is 0.346 e. The van der Waals surface area contributed by atoms with E-state index in [1.807, 2.05) is 34.6 Å². The Labute approximate surface area is 86.3 Å². The van der Waals surface area contributed by atoms with E-state index in [0.29, 0.717) is 5.92 Å². The molecule has 82 valence electrons. The number of carbonyl (C=O) groups is 2. The van der Waals surface area contributed by atoms with Crippen LogP contribution in [0.5, 0.6) is 0 Å². The van der Waals surface area contributed by atoms with Gasteiger partial charge in [-0.3, -0.25) is 4.79 Å². The van der Waals surface area contributed by atoms with Gasteiger partial charge in [0.1, 0.15) is 6.29 Å². The van der Waals surface area contributed by atoms with Crippen molar-refractivity contribution in [2.24, 2.45) is 17.8 Å². The van der Waals surface area contributed by atoms with Crippen LogP contribution in [0.25, 0.3) is 0 Å². The molecule has 0 rings (SSSR count). The molecule has 14 heavy (non-hydrogen) atoms. The lowest BCUT2D eigenvalue weighted by molar-refractivity contribution is -0.128. The van der Waals surface area contributed by atoms with Crippen LogP contribution in [0, 0.1) is 17.8 Å². The fourth-order valence-corrected chi connectivity index (χ4v) is 0.956. The van der Waals surface area contributed by atoms with Gasteiger partial charge in [0.15, 0.2) is 0 Å². The highest BCUT2D eigenvalue weighted by Crippen LogP contribution is 2.10. The van der Waals surface area contributed by atoms with Crippen molar-refractivity contribution in [3.05, 3.63) is 0 Å². The van der Waals surface area contributed by atoms with Crippen molar-refractivity contribution in [2.75, 3.05) is 0 Å². The second kappa shape index (κ2) is 5.78. The van der Waals surface area contributed by atoms with Gasteiger partial charge in [0.2, 0.25) is 5.91 Å². The van der Waals surface area contributed by atoms with Crippen molar-refractivity contribution >= 4 is 12.2 Å². The van der Waals surface area contributed by atoms with Gasteiger partial charge >= 0.3 is 0 Å². The van der Waals surface area contributed by atoms with Crippen LogP contribution in [0.15, 0.2) is 0 Å². The van der Waals surface area contributed by atoms with Gasteiger partial charge in [0.05, 0.1) is 6.04 Å². The summed E-state index contributed by atoms with van der Waals surface area (Å²) in [6.07, 6.45) is 0.801. The number of hydrogen-bond acceptors (Lipinski definition) is 2. The SMILES string of the molecule is CC(C)C(C)C(=O)N[C@H](C=O)C(C)C. The average molecular weight is 199 g/mol. The van der Waals surface area contributed by atoms with Crippen molar-refractivity contribution in [3.8, 4) is 0 Å². The molecular weight excluding hydrogens is 178 g/mol. The molecule has 0 radical (unpaired) electrons. The summed E-state index contributed by atoms with van der Waals surface area (Å²) in [7, 11) is 0. The first-order valence-corrected chi connectivity index (χ1v) is 5.15. The van der Waals surface area contributed by atoms with E-state index in [4.69, 9.17) is 0 Å². The van der Waals surface area contributed by atoms with Crippen LogP contribution in [-0.2, 0) is 9.59 Å². The smallest absolute Gasteiger partial charge is 0.223 e. The van der Waals surface area contributed by atoms with Crippen molar-refractivity contribution in [1.82, 2.24) is 5.32 Å². The standard InChI is InChI=1S/C11H21NO2/c1-7(2)9(5)11(14)12-10(6-13)8(3)4/h6-10H,1-5H3,(H,12,14)/t9?,10-/m1/s1. The predicted molar refractivity (Wildman–Crippen MR) is 56.8 cm³/mol. The molecule has 0 aromatic carbocycles. The molecule has 0 heterocycles. The zero-order chi connectivity index (χ0) is 11.3. The van der Waals surface area contributed by atoms with Crippen molar-refractivity contribution in [1.29, 1.82) is 0 Å². The van der Waals surface area contributed by atoms with Gasteiger partial charge in [0.25, 0.3) is 0 Å². The summed E-state index contributed by atoms with van der Waals surface area (Å²) in [5.74, 6) is 0.368. The van der Waals surface area contributed by atoms with Crippen LogP contribution in [0.1, 0.15) is 34.6 Å². The predicted octanol–water partition coefficient (Wildman–Crippen LogP) is 1.62. The topological polar surface area (TPSA) is 46.2 Å². The minimum Gasteiger partial charge on any atom is -0.346 e. The van der Waals surface area contributed by atoms with Crippen molar-refractivity contribution in [2.45, 2.75) is 40.7 Å². The highest BCUT2D eigenvalue weighted by Gasteiger charge is 2.21. The Morgan fingerprint density at radius 1 is 1.07 bits per heavy atom. The average Bonchev–Trinajstić information content (AvgIpc) is 2.11. The highest BCUT2D eigenvalue weighted by molar-refractivity contribution is 5.81. The Kier molecular flexibility index (Phi) is 5.43. The number of rotatable bonds is 5. The van der Waals surface area contributed by atoms with E-state index < -0.39 is 0 Å². The minimum absolute atomic E-state index is 0.0363. The minimum atomic E-state index is -0.358. The van der Waals surface area contributed by atoms with Crippen LogP contribution in [0.3, 0.4) is 0 Å². The summed E-state index contributed by atoms with van der Waals surface area (Å²) >= 11 is 0. The molecule has 0 fully saturated rings. The first-order chi connectivity index (χ1) is 6.40. The van der Waals surface area contributed by atoms with Crippen LogP contribution in [0.2, 0.25) is 0 Å². The molecule has 0 bridgehead atoms. The zero-order valence-corrected chi connectivity index (χ0v) is 9.70. The van der Waals surface area contributed by atoms with E-state index in [2.05, 4.69) is 5.32 Å². The molecular formula is C11H21NO2. The summed E-state index contributed by atoms with van der Waals surface area (Å²) in [6.45, 7) is 9.70. The van der Waals surface area contributed by atoms with Crippen LogP contribution in [0.4, 0.5) is 0 Å². The lowest BCUT2D eigenvalue weighted by atomic mass is 9.96. The van der Waals surface area contributed by atoms with E-state index in [0.717, 1.165) is 6.29 Å². The summed E-state index contributed by atoms with van der Waals surface area (Å²) in [5, 5.41) is 2.74. The third kappa shape index (κ3) is 3.90. The third-order valence-electron chi connectivity index (χ3n) is 2.59. The van der Waals surface area contributed by atoms with E-state index >= 15 is 0 Å². The van der Waals surface area contributed by atoms with Crippen LogP contribution in [-0.4, -0.2) is 18.2 Å². The summed E-state index contributed by atoms with van der Waals surface area (Å²) in [6, 6.07) is -0.358. The van der Waals surface area contributed by atoms with Gasteiger partial charge < -0.3 is 10.1 Å². The van der Waals surface area contributed by atoms with Crippen molar-refractivity contribution in [3.63, 3.8) is 0 Å². The summed E-state index contributed by atoms with van der Waals surface area (Å²) in [4.78, 5) is 22.2. The van der Waals surface area contributed by atoms with E-state index in [1.54, 1.807) is 0 Å². The van der Waals surface area contributed by atoms with Gasteiger partial charge in [0, 0.05) is 5.92 Å². The third-order valence-corrected chi connectivity index (χ3v) is 2.59. The molecule has 0 aromatic rings. The number of nitrogens with one attached hydrogen (secondary N) is 1. The van der Waals surface area contributed by atoms with Gasteiger partial charge in [-0.25, -0.2) is 0 Å². The maximum absolute atomic E-state index is 11.6. The highest BCUT2D eigenvalue weighted by atomic mass is 16.2. The zero-order valence-electron chi connectivity index (χ0n) is 9.70. The van der Waals surface area contributed by atoms with E-state index in [1.165, 1.54) is 0 Å². The maximum Gasteiger partial charge on any atom is 0.223 e. The fourth-order valence-electron chi connectivity index (χ4n) is 0.956. The van der Waals surface area contributed by atoms with E-state index in [9.17, 15) is 9.59 Å². The summed E-state index contributed by atoms with van der Waals surface area (Å²) in [5.41, 5.74) is 0. The van der Waals surface area contributed by atoms with Gasteiger partial charge in [-0.1, -0.05) is 34.6 Å². The van der Waals surface area contributed by atoms with Gasteiger partial charge in [-0.05, 0) is 11.8 Å². The number of aldehydes is 1. The molecule has 2 atom stereocenters. The lowest BCUT2D eigenvalue weighted by Gasteiger charge is -2.21. The van der Waals surface area contributed by atoms with Crippen LogP contribution < -0.4 is 5.32 Å². The van der Waals surface area contributed by atoms with Crippen molar-refractivity contribution < 1.29 is 9.59 Å². The Morgan fingerprint density at radius 2 is 1.57 bits per heavy atom. The fraction of sp³-hybridized carbons (Fsp3) is 0.818. The molecule has 0 spiro atoms. The first-order valence-electron chi connectivity index (χ1n) is 5.15. The van der Waals surface area contributed by atoms with Crippen LogP contribution >= 0.6 is 0 Å². The quantitative estimate of drug-likeness (QED) is 0.684. The molecule has 0 saturated carbocycles. The molecule has 0 aliphatic carbocycles. The molecule has 0 saturated heterocycles. The number of hydrogen-bond donors (Lipinski definition) is 1. The maximum atomic E-state index is 11.6. The molecule has 1 N–H and O–H groups in total. The second-order valence-electron chi connectivity index (χ2n) is 4.45. The Hall–Kier alpha value is -0.860. The molecule has 1 unspecified atom stereocenters. The van der Waals surface area contributed by atoms with E-state index in [-0.39, 0.29) is 23.8 Å².